The van der Waals surface area contributed by atoms with Crippen molar-refractivity contribution in [2.45, 2.75) is 44.6 Å². The Morgan fingerprint density at radius 3 is 2.71 bits per heavy atom. The predicted molar refractivity (Wildman–Crippen MR) is 85.3 cm³/mol. The lowest BCUT2D eigenvalue weighted by Gasteiger charge is -2.30. The van der Waals surface area contributed by atoms with E-state index in [4.69, 9.17) is 17.4 Å². The number of anilines is 1. The van der Waals surface area contributed by atoms with Crippen molar-refractivity contribution in [3.8, 4) is 0 Å². The number of carbonyl (C=O) groups is 1. The van der Waals surface area contributed by atoms with Gasteiger partial charge in [-0.3, -0.25) is 10.6 Å². The Bertz CT molecular complexity index is 528. The third-order valence-corrected chi connectivity index (χ3v) is 5.11. The number of hydrogen-bond acceptors (Lipinski definition) is 3. The Kier molecular flexibility index (Phi) is 4.36. The number of nitrogens with zero attached hydrogens (tertiary/aromatic N) is 1. The van der Waals surface area contributed by atoms with Crippen LogP contribution in [0.15, 0.2) is 18.2 Å². The van der Waals surface area contributed by atoms with Gasteiger partial charge in [0.1, 0.15) is 0 Å². The fourth-order valence-electron chi connectivity index (χ4n) is 3.85. The molecule has 1 aliphatic carbocycles. The number of nitrogens with one attached hydrogen (secondary N) is 1. The molecular formula is C16H22ClN3O. The Morgan fingerprint density at radius 1 is 1.24 bits per heavy atom. The normalized spacial score (nSPS) is 22.8. The van der Waals surface area contributed by atoms with E-state index in [1.165, 1.54) is 25.7 Å². The summed E-state index contributed by atoms with van der Waals surface area (Å²) in [5, 5.41) is 0.564. The van der Waals surface area contributed by atoms with E-state index in [0.29, 0.717) is 28.2 Å². The first-order valence-corrected chi connectivity index (χ1v) is 8.15. The van der Waals surface area contributed by atoms with Crippen LogP contribution in [0.25, 0.3) is 0 Å². The minimum absolute atomic E-state index is 0.0554. The summed E-state index contributed by atoms with van der Waals surface area (Å²) in [6.45, 7) is 0.844. The highest BCUT2D eigenvalue weighted by Gasteiger charge is 2.36. The largest absolute Gasteiger partial charge is 0.335 e. The van der Waals surface area contributed by atoms with Gasteiger partial charge in [-0.1, -0.05) is 24.4 Å². The highest BCUT2D eigenvalue weighted by atomic mass is 35.5. The average molecular weight is 308 g/mol. The molecule has 0 radical (unpaired) electrons. The van der Waals surface area contributed by atoms with E-state index in [-0.39, 0.29) is 5.91 Å². The third kappa shape index (κ3) is 2.87. The van der Waals surface area contributed by atoms with E-state index < -0.39 is 0 Å². The lowest BCUT2D eigenvalue weighted by Crippen LogP contribution is -2.39. The van der Waals surface area contributed by atoms with Crippen LogP contribution in [-0.4, -0.2) is 23.4 Å². The average Bonchev–Trinajstić information content (AvgIpc) is 3.16. The van der Waals surface area contributed by atoms with Crippen molar-refractivity contribution in [1.82, 2.24) is 4.90 Å². The first-order chi connectivity index (χ1) is 10.2. The topological polar surface area (TPSA) is 58.4 Å². The second kappa shape index (κ2) is 6.24. The monoisotopic (exact) mass is 307 g/mol. The van der Waals surface area contributed by atoms with Crippen LogP contribution in [0.3, 0.4) is 0 Å². The van der Waals surface area contributed by atoms with Gasteiger partial charge < -0.3 is 10.3 Å². The maximum atomic E-state index is 12.9. The highest BCUT2D eigenvalue weighted by Crippen LogP contribution is 2.36. The van der Waals surface area contributed by atoms with Crippen molar-refractivity contribution in [3.63, 3.8) is 0 Å². The van der Waals surface area contributed by atoms with E-state index in [1.807, 2.05) is 4.90 Å². The zero-order chi connectivity index (χ0) is 14.8. The molecule has 1 atom stereocenters. The summed E-state index contributed by atoms with van der Waals surface area (Å²) in [5.41, 5.74) is 3.82. The molecule has 1 saturated heterocycles. The summed E-state index contributed by atoms with van der Waals surface area (Å²) in [5.74, 6) is 6.26. The molecule has 2 fully saturated rings. The Morgan fingerprint density at radius 2 is 2.00 bits per heavy atom. The van der Waals surface area contributed by atoms with Gasteiger partial charge in [0.25, 0.3) is 5.91 Å². The Hall–Kier alpha value is -1.26. The number of carbonyl (C=O) groups excluding carboxylic acids is 1. The summed E-state index contributed by atoms with van der Waals surface area (Å²) >= 11 is 6.05. The number of rotatable bonds is 3. The molecule has 2 aliphatic rings. The molecule has 1 saturated carbocycles. The second-order valence-corrected chi connectivity index (χ2v) is 6.52. The summed E-state index contributed by atoms with van der Waals surface area (Å²) in [7, 11) is 0. The molecule has 1 aliphatic heterocycles. The van der Waals surface area contributed by atoms with Gasteiger partial charge in [-0.2, -0.15) is 0 Å². The Balaban J connectivity index is 1.85. The van der Waals surface area contributed by atoms with E-state index >= 15 is 0 Å². The summed E-state index contributed by atoms with van der Waals surface area (Å²) in [4.78, 5) is 15.0. The summed E-state index contributed by atoms with van der Waals surface area (Å²) in [6.07, 6.45) is 7.34. The molecule has 0 spiro atoms. The van der Waals surface area contributed by atoms with Gasteiger partial charge in [0, 0.05) is 17.6 Å². The van der Waals surface area contributed by atoms with Crippen molar-refractivity contribution >= 4 is 23.2 Å². The van der Waals surface area contributed by atoms with Gasteiger partial charge in [0.2, 0.25) is 0 Å². The SMILES string of the molecule is NNc1ccc(Cl)cc1C(=O)N1CCCC1C1CCCC1. The molecule has 21 heavy (non-hydrogen) atoms. The first-order valence-electron chi connectivity index (χ1n) is 7.78. The molecule has 1 aromatic carbocycles. The van der Waals surface area contributed by atoms with Crippen LogP contribution in [0.4, 0.5) is 5.69 Å². The van der Waals surface area contributed by atoms with E-state index in [9.17, 15) is 4.79 Å². The maximum Gasteiger partial charge on any atom is 0.256 e. The van der Waals surface area contributed by atoms with Crippen molar-refractivity contribution < 1.29 is 4.79 Å². The van der Waals surface area contributed by atoms with Gasteiger partial charge in [-0.15, -0.1) is 0 Å². The zero-order valence-electron chi connectivity index (χ0n) is 12.1. The van der Waals surface area contributed by atoms with Gasteiger partial charge in [-0.05, 0) is 49.8 Å². The number of amides is 1. The van der Waals surface area contributed by atoms with Crippen LogP contribution < -0.4 is 11.3 Å². The van der Waals surface area contributed by atoms with Crippen LogP contribution in [0.1, 0.15) is 48.9 Å². The molecule has 114 valence electrons. The van der Waals surface area contributed by atoms with Crippen molar-refractivity contribution in [2.24, 2.45) is 11.8 Å². The van der Waals surface area contributed by atoms with Gasteiger partial charge in [0.05, 0.1) is 11.3 Å². The molecule has 1 aromatic rings. The lowest BCUT2D eigenvalue weighted by molar-refractivity contribution is 0.0690. The van der Waals surface area contributed by atoms with Crippen LogP contribution in [0, 0.1) is 5.92 Å². The predicted octanol–water partition coefficient (Wildman–Crippen LogP) is 3.42. The van der Waals surface area contributed by atoms with Crippen molar-refractivity contribution in [1.29, 1.82) is 0 Å². The van der Waals surface area contributed by atoms with Crippen molar-refractivity contribution in [2.75, 3.05) is 12.0 Å². The Labute approximate surface area is 130 Å². The molecule has 1 unspecified atom stereocenters. The molecule has 3 N–H and O–H groups in total. The molecule has 0 aromatic heterocycles. The van der Waals surface area contributed by atoms with Gasteiger partial charge >= 0.3 is 0 Å². The molecule has 5 heteroatoms. The lowest BCUT2D eigenvalue weighted by atomic mass is 9.95. The minimum Gasteiger partial charge on any atom is -0.335 e. The number of benzene rings is 1. The summed E-state index contributed by atoms with van der Waals surface area (Å²) in [6, 6.07) is 5.61. The molecule has 1 amide bonds. The number of hydrazine groups is 1. The number of halogens is 1. The van der Waals surface area contributed by atoms with Gasteiger partial charge in [0.15, 0.2) is 0 Å². The number of likely N-dealkylation sites (tertiary alicyclic amines) is 1. The van der Waals surface area contributed by atoms with E-state index in [2.05, 4.69) is 5.43 Å². The molecule has 4 nitrogen and oxygen atoms in total. The van der Waals surface area contributed by atoms with Crippen LogP contribution in [-0.2, 0) is 0 Å². The molecule has 3 rings (SSSR count). The fraction of sp³-hybridized carbons (Fsp3) is 0.562. The number of hydrogen-bond donors (Lipinski definition) is 2. The quantitative estimate of drug-likeness (QED) is 0.664. The molecular weight excluding hydrogens is 286 g/mol. The van der Waals surface area contributed by atoms with E-state index in [0.717, 1.165) is 19.4 Å². The smallest absolute Gasteiger partial charge is 0.256 e. The minimum atomic E-state index is 0.0554. The van der Waals surface area contributed by atoms with Gasteiger partial charge in [-0.25, -0.2) is 0 Å². The van der Waals surface area contributed by atoms with E-state index in [1.54, 1.807) is 18.2 Å². The first kappa shape index (κ1) is 14.7. The maximum absolute atomic E-state index is 12.9. The third-order valence-electron chi connectivity index (χ3n) is 4.87. The summed E-state index contributed by atoms with van der Waals surface area (Å²) < 4.78 is 0. The van der Waals surface area contributed by atoms with Crippen LogP contribution in [0.5, 0.6) is 0 Å². The van der Waals surface area contributed by atoms with Crippen molar-refractivity contribution in [3.05, 3.63) is 28.8 Å². The fourth-order valence-corrected chi connectivity index (χ4v) is 4.02. The zero-order valence-corrected chi connectivity index (χ0v) is 12.9. The van der Waals surface area contributed by atoms with Crippen LogP contribution in [0.2, 0.25) is 5.02 Å². The number of nitrogen functional groups attached to an aromatic ring is 1. The highest BCUT2D eigenvalue weighted by molar-refractivity contribution is 6.31. The van der Waals surface area contributed by atoms with Crippen LogP contribution >= 0.6 is 11.6 Å². The standard InChI is InChI=1S/C16H22ClN3O/c17-12-7-8-14(19-18)13(10-12)16(21)20-9-3-6-15(20)11-4-1-2-5-11/h7-8,10-11,15,19H,1-6,9,18H2. The molecule has 0 bridgehead atoms. The molecule has 1 heterocycles. The number of nitrogens with two attached hydrogens (primary N) is 1. The second-order valence-electron chi connectivity index (χ2n) is 6.09.